The van der Waals surface area contributed by atoms with Crippen LogP contribution in [0.4, 0.5) is 0 Å². The predicted molar refractivity (Wildman–Crippen MR) is 109 cm³/mol. The van der Waals surface area contributed by atoms with Gasteiger partial charge in [0.2, 0.25) is 0 Å². The Kier molecular flexibility index (Phi) is 4.62. The van der Waals surface area contributed by atoms with Crippen LogP contribution in [0, 0.1) is 19.8 Å². The number of fused-ring (bicyclic) bond motifs is 1. The zero-order valence-corrected chi connectivity index (χ0v) is 16.7. The molecule has 28 heavy (non-hydrogen) atoms. The lowest BCUT2D eigenvalue weighted by molar-refractivity contribution is -0.494. The first-order chi connectivity index (χ1) is 13.6. The molecule has 3 nitrogen and oxygen atoms in total. The van der Waals surface area contributed by atoms with E-state index in [1.54, 1.807) is 0 Å². The molecule has 3 atom stereocenters. The summed E-state index contributed by atoms with van der Waals surface area (Å²) in [4.78, 5) is 12.2. The second-order valence-corrected chi connectivity index (χ2v) is 8.64. The maximum absolute atomic E-state index is 6.53. The lowest BCUT2D eigenvalue weighted by Crippen LogP contribution is -2.49. The molecule has 1 unspecified atom stereocenters. The van der Waals surface area contributed by atoms with Gasteiger partial charge in [-0.3, -0.25) is 0 Å². The average Bonchev–Trinajstić information content (AvgIpc) is 3.37. The average molecular weight is 376 g/mol. The van der Waals surface area contributed by atoms with Gasteiger partial charge in [-0.05, 0) is 49.5 Å². The lowest BCUT2D eigenvalue weighted by Gasteiger charge is -2.42. The van der Waals surface area contributed by atoms with Crippen LogP contribution in [0.1, 0.15) is 54.4 Å². The highest BCUT2D eigenvalue weighted by atomic mass is 17.2. The molecule has 1 heterocycles. The molecule has 146 valence electrons. The second kappa shape index (κ2) is 7.14. The van der Waals surface area contributed by atoms with Crippen molar-refractivity contribution in [3.8, 4) is 0 Å². The number of hydrogen-bond donors (Lipinski definition) is 0. The van der Waals surface area contributed by atoms with Crippen LogP contribution in [0.25, 0.3) is 5.57 Å². The fourth-order valence-electron chi connectivity index (χ4n) is 4.82. The minimum atomic E-state index is -0.608. The van der Waals surface area contributed by atoms with E-state index in [1.807, 2.05) is 0 Å². The Morgan fingerprint density at radius 1 is 0.857 bits per heavy atom. The zero-order valence-electron chi connectivity index (χ0n) is 16.7. The fraction of sp³-hybridized carbons (Fsp3) is 0.440. The van der Waals surface area contributed by atoms with E-state index in [1.165, 1.54) is 35.1 Å². The molecule has 1 aliphatic heterocycles. The Morgan fingerprint density at radius 2 is 1.50 bits per heavy atom. The molecule has 3 aliphatic rings. The summed E-state index contributed by atoms with van der Waals surface area (Å²) in [6, 6.07) is 17.3. The molecule has 3 heteroatoms. The van der Waals surface area contributed by atoms with Crippen molar-refractivity contribution >= 4 is 5.57 Å². The molecule has 0 bridgehead atoms. The quantitative estimate of drug-likeness (QED) is 0.629. The topological polar surface area (TPSA) is 27.7 Å². The zero-order chi connectivity index (χ0) is 19.1. The van der Waals surface area contributed by atoms with Gasteiger partial charge in [0.15, 0.2) is 11.9 Å². The minimum Gasteiger partial charge on any atom is -0.338 e. The summed E-state index contributed by atoms with van der Waals surface area (Å²) in [7, 11) is 0. The number of benzene rings is 2. The van der Waals surface area contributed by atoms with Gasteiger partial charge in [-0.25, -0.2) is 9.78 Å². The van der Waals surface area contributed by atoms with E-state index in [2.05, 4.69) is 68.5 Å². The molecule has 1 saturated carbocycles. The number of aryl methyl sites for hydroxylation is 2. The predicted octanol–water partition coefficient (Wildman–Crippen LogP) is 5.85. The van der Waals surface area contributed by atoms with Crippen LogP contribution in [-0.2, 0) is 20.1 Å². The van der Waals surface area contributed by atoms with E-state index in [4.69, 9.17) is 14.5 Å². The Bertz CT molecular complexity index is 862. The van der Waals surface area contributed by atoms with Crippen molar-refractivity contribution in [2.75, 3.05) is 0 Å². The highest BCUT2D eigenvalue weighted by Crippen LogP contribution is 2.50. The Labute approximate surface area is 167 Å². The van der Waals surface area contributed by atoms with Crippen molar-refractivity contribution in [2.24, 2.45) is 5.92 Å². The number of hydrogen-bond acceptors (Lipinski definition) is 3. The van der Waals surface area contributed by atoms with E-state index in [9.17, 15) is 0 Å². The van der Waals surface area contributed by atoms with Crippen LogP contribution in [-0.4, -0.2) is 12.4 Å². The van der Waals surface area contributed by atoms with Crippen molar-refractivity contribution in [3.63, 3.8) is 0 Å². The van der Waals surface area contributed by atoms with E-state index in [0.29, 0.717) is 5.92 Å². The summed E-state index contributed by atoms with van der Waals surface area (Å²) in [6.07, 6.45) is 7.44. The number of ether oxygens (including phenoxy) is 1. The monoisotopic (exact) mass is 376 g/mol. The summed E-state index contributed by atoms with van der Waals surface area (Å²) < 4.78 is 6.53. The van der Waals surface area contributed by atoms with Crippen LogP contribution in [0.15, 0.2) is 54.6 Å². The molecule has 2 aliphatic carbocycles. The van der Waals surface area contributed by atoms with Gasteiger partial charge in [0.05, 0.1) is 0 Å². The summed E-state index contributed by atoms with van der Waals surface area (Å²) >= 11 is 0. The Hall–Kier alpha value is -1.94. The summed E-state index contributed by atoms with van der Waals surface area (Å²) in [5.41, 5.74) is 5.51. The molecular weight excluding hydrogens is 348 g/mol. The van der Waals surface area contributed by atoms with E-state index in [-0.39, 0.29) is 12.4 Å². The van der Waals surface area contributed by atoms with E-state index in [0.717, 1.165) is 24.8 Å². The molecule has 2 fully saturated rings. The van der Waals surface area contributed by atoms with Crippen LogP contribution in [0.5, 0.6) is 0 Å². The Morgan fingerprint density at radius 3 is 2.18 bits per heavy atom. The highest BCUT2D eigenvalue weighted by molar-refractivity contribution is 5.71. The van der Waals surface area contributed by atoms with Crippen LogP contribution in [0.2, 0.25) is 0 Å². The maximum Gasteiger partial charge on any atom is 0.194 e. The first kappa shape index (κ1) is 18.1. The van der Waals surface area contributed by atoms with Crippen molar-refractivity contribution < 1.29 is 14.5 Å². The molecule has 2 aromatic rings. The molecule has 0 N–H and O–H groups in total. The van der Waals surface area contributed by atoms with Gasteiger partial charge in [0.25, 0.3) is 0 Å². The van der Waals surface area contributed by atoms with Crippen molar-refractivity contribution in [2.45, 2.75) is 63.9 Å². The van der Waals surface area contributed by atoms with Crippen LogP contribution in [0.3, 0.4) is 0 Å². The molecule has 2 aromatic carbocycles. The standard InChI is InChI=1S/C25H28O3/c1-17-7-11-19(12-8-17)21-15-23-25(16-21,22-13-9-18(2)10-14-22)28-27-24(26-23)20-5-3-4-6-20/h7-15,20,23-24H,3-6,16H2,1-2H3/t23-,24?,25-/m1/s1. The molecule has 0 amide bonds. The number of rotatable bonds is 3. The largest absolute Gasteiger partial charge is 0.338 e. The van der Waals surface area contributed by atoms with Crippen molar-refractivity contribution in [1.29, 1.82) is 0 Å². The Balaban J connectivity index is 1.49. The van der Waals surface area contributed by atoms with Gasteiger partial charge in [0, 0.05) is 12.3 Å². The van der Waals surface area contributed by atoms with Gasteiger partial charge in [-0.15, -0.1) is 0 Å². The van der Waals surface area contributed by atoms with Gasteiger partial charge in [-0.2, -0.15) is 0 Å². The smallest absolute Gasteiger partial charge is 0.194 e. The highest BCUT2D eigenvalue weighted by Gasteiger charge is 2.53. The molecule has 0 aromatic heterocycles. The van der Waals surface area contributed by atoms with Crippen molar-refractivity contribution in [1.82, 2.24) is 0 Å². The molecule has 5 rings (SSSR count). The maximum atomic E-state index is 6.53. The summed E-state index contributed by atoms with van der Waals surface area (Å²) in [6.45, 7) is 4.22. The SMILES string of the molecule is Cc1ccc(C2=C[C@H]3OC(C4CCCC4)OO[C@@]3(c3ccc(C)cc3)C2)cc1. The second-order valence-electron chi connectivity index (χ2n) is 8.64. The molecule has 0 radical (unpaired) electrons. The third kappa shape index (κ3) is 3.12. The molecular formula is C25H28O3. The summed E-state index contributed by atoms with van der Waals surface area (Å²) in [5, 5.41) is 0. The molecule has 0 spiro atoms. The molecule has 1 saturated heterocycles. The third-order valence-electron chi connectivity index (χ3n) is 6.58. The van der Waals surface area contributed by atoms with E-state index < -0.39 is 5.60 Å². The third-order valence-corrected chi connectivity index (χ3v) is 6.58. The lowest BCUT2D eigenvalue weighted by atomic mass is 9.86. The van der Waals surface area contributed by atoms with Crippen LogP contribution >= 0.6 is 0 Å². The fourth-order valence-corrected chi connectivity index (χ4v) is 4.82. The van der Waals surface area contributed by atoms with E-state index >= 15 is 0 Å². The van der Waals surface area contributed by atoms with Crippen molar-refractivity contribution in [3.05, 3.63) is 76.9 Å². The minimum absolute atomic E-state index is 0.133. The first-order valence-corrected chi connectivity index (χ1v) is 10.5. The van der Waals surface area contributed by atoms with Gasteiger partial charge in [0.1, 0.15) is 6.10 Å². The van der Waals surface area contributed by atoms with Gasteiger partial charge >= 0.3 is 0 Å². The van der Waals surface area contributed by atoms with Crippen LogP contribution < -0.4 is 0 Å². The van der Waals surface area contributed by atoms with Gasteiger partial charge in [-0.1, -0.05) is 72.5 Å². The normalized spacial score (nSPS) is 30.3. The first-order valence-electron chi connectivity index (χ1n) is 10.5. The van der Waals surface area contributed by atoms with Gasteiger partial charge < -0.3 is 4.74 Å². The summed E-state index contributed by atoms with van der Waals surface area (Å²) in [5.74, 6) is 0.438.